The summed E-state index contributed by atoms with van der Waals surface area (Å²) in [5.74, 6) is 2.61. The zero-order valence-corrected chi connectivity index (χ0v) is 18.7. The molecule has 2 saturated carbocycles. The fraction of sp³-hybridized carbons (Fsp3) is 0.739. The van der Waals surface area contributed by atoms with Crippen molar-refractivity contribution in [1.29, 1.82) is 0 Å². The quantitative estimate of drug-likeness (QED) is 0.696. The van der Waals surface area contributed by atoms with Gasteiger partial charge in [0.25, 0.3) is 0 Å². The molecule has 2 aromatic rings. The van der Waals surface area contributed by atoms with Crippen molar-refractivity contribution < 1.29 is 9.32 Å². The third kappa shape index (κ3) is 4.40. The molecule has 2 aromatic heterocycles. The van der Waals surface area contributed by atoms with Crippen molar-refractivity contribution in [1.82, 2.24) is 30.4 Å². The second-order valence-electron chi connectivity index (χ2n) is 9.90. The average Bonchev–Trinajstić information content (AvgIpc) is 3.17. The van der Waals surface area contributed by atoms with Gasteiger partial charge in [-0.3, -0.25) is 4.79 Å². The maximum atomic E-state index is 12.3. The monoisotopic (exact) mass is 426 g/mol. The van der Waals surface area contributed by atoms with Crippen LogP contribution in [0.3, 0.4) is 0 Å². The number of likely N-dealkylation sites (tertiary alicyclic amines) is 1. The first kappa shape index (κ1) is 20.7. The molecule has 3 fully saturated rings. The fourth-order valence-corrected chi connectivity index (χ4v) is 5.74. The standard InChI is InChI=1S/C23H34N6O2/c1-3-20-11-21(27-31-20)23-12-17(23)14-29(15-23)9-8-16-4-6-18(7-5-16)25-22(30)10-19-13-24-28(2)26-19/h11,13,16-18H,3-10,12,14-15H2,1-2H3,(H,25,30)/t16?,17?,18?,23-/m0/s1. The number of carbonyl (C=O) groups excluding carboxylic acids is 1. The van der Waals surface area contributed by atoms with Gasteiger partial charge in [-0.1, -0.05) is 12.1 Å². The molecular formula is C23H34N6O2. The number of nitrogens with one attached hydrogen (secondary N) is 1. The summed E-state index contributed by atoms with van der Waals surface area (Å²) in [6, 6.07) is 2.49. The smallest absolute Gasteiger partial charge is 0.226 e. The molecule has 0 aromatic carbocycles. The van der Waals surface area contributed by atoms with Crippen LogP contribution in [-0.4, -0.2) is 56.6 Å². The number of carbonyl (C=O) groups is 1. The summed E-state index contributed by atoms with van der Waals surface area (Å²) in [7, 11) is 1.77. The Bertz CT molecular complexity index is 915. The molecule has 3 heterocycles. The highest BCUT2D eigenvalue weighted by Crippen LogP contribution is 2.58. The van der Waals surface area contributed by atoms with Gasteiger partial charge in [0.2, 0.25) is 5.91 Å². The van der Waals surface area contributed by atoms with Gasteiger partial charge in [-0.15, -0.1) is 0 Å². The summed E-state index contributed by atoms with van der Waals surface area (Å²) in [6.45, 7) is 5.65. The van der Waals surface area contributed by atoms with Gasteiger partial charge in [0.15, 0.2) is 0 Å². The number of rotatable bonds is 8. The first-order valence-corrected chi connectivity index (χ1v) is 11.9. The molecule has 8 nitrogen and oxygen atoms in total. The number of aromatic nitrogens is 4. The number of hydrogen-bond acceptors (Lipinski definition) is 6. The molecule has 2 atom stereocenters. The van der Waals surface area contributed by atoms with Crippen LogP contribution in [0.1, 0.15) is 62.6 Å². The van der Waals surface area contributed by atoms with Crippen molar-refractivity contribution in [3.8, 4) is 0 Å². The Labute approximate surface area is 183 Å². The van der Waals surface area contributed by atoms with E-state index in [1.165, 1.54) is 49.3 Å². The Hall–Kier alpha value is -2.22. The van der Waals surface area contributed by atoms with Crippen LogP contribution in [0.2, 0.25) is 0 Å². The molecule has 3 aliphatic rings. The molecule has 1 unspecified atom stereocenters. The van der Waals surface area contributed by atoms with Crippen LogP contribution >= 0.6 is 0 Å². The number of piperidine rings is 1. The van der Waals surface area contributed by atoms with E-state index >= 15 is 0 Å². The minimum absolute atomic E-state index is 0.0598. The number of amides is 1. The Morgan fingerprint density at radius 1 is 1.32 bits per heavy atom. The third-order valence-electron chi connectivity index (χ3n) is 7.69. The van der Waals surface area contributed by atoms with Crippen LogP contribution in [-0.2, 0) is 30.1 Å². The zero-order chi connectivity index (χ0) is 21.4. The highest BCUT2D eigenvalue weighted by molar-refractivity contribution is 5.78. The van der Waals surface area contributed by atoms with Crippen molar-refractivity contribution >= 4 is 5.91 Å². The topological polar surface area (TPSA) is 89.1 Å². The van der Waals surface area contributed by atoms with E-state index in [1.54, 1.807) is 13.2 Å². The summed E-state index contributed by atoms with van der Waals surface area (Å²) < 4.78 is 5.47. The molecule has 1 saturated heterocycles. The van der Waals surface area contributed by atoms with Crippen molar-refractivity contribution in [2.45, 2.75) is 69.7 Å². The first-order chi connectivity index (χ1) is 15.0. The van der Waals surface area contributed by atoms with Crippen LogP contribution in [0.4, 0.5) is 0 Å². The molecule has 2 aliphatic carbocycles. The molecule has 8 heteroatoms. The van der Waals surface area contributed by atoms with E-state index in [1.807, 2.05) is 0 Å². The Balaban J connectivity index is 1.02. The normalized spacial score (nSPS) is 30.3. The van der Waals surface area contributed by atoms with E-state index in [9.17, 15) is 4.79 Å². The van der Waals surface area contributed by atoms with Gasteiger partial charge in [-0.05, 0) is 56.9 Å². The summed E-state index contributed by atoms with van der Waals surface area (Å²) in [6.07, 6.45) is 10.0. The molecular weight excluding hydrogens is 392 g/mol. The number of nitrogens with zero attached hydrogens (tertiary/aromatic N) is 5. The van der Waals surface area contributed by atoms with E-state index in [4.69, 9.17) is 4.52 Å². The Kier molecular flexibility index (Phi) is 5.58. The van der Waals surface area contributed by atoms with Crippen LogP contribution in [0.25, 0.3) is 0 Å². The molecule has 5 rings (SSSR count). The predicted octanol–water partition coefficient (Wildman–Crippen LogP) is 2.25. The molecule has 0 bridgehead atoms. The lowest BCUT2D eigenvalue weighted by molar-refractivity contribution is -0.121. The van der Waals surface area contributed by atoms with Crippen molar-refractivity contribution in [2.75, 3.05) is 19.6 Å². The third-order valence-corrected chi connectivity index (χ3v) is 7.69. The lowest BCUT2D eigenvalue weighted by Gasteiger charge is -2.30. The summed E-state index contributed by atoms with van der Waals surface area (Å²) >= 11 is 0. The molecule has 0 spiro atoms. The summed E-state index contributed by atoms with van der Waals surface area (Å²) in [5, 5.41) is 15.8. The highest BCUT2D eigenvalue weighted by atomic mass is 16.5. The van der Waals surface area contributed by atoms with Gasteiger partial charge in [-0.2, -0.15) is 15.0 Å². The van der Waals surface area contributed by atoms with Crippen molar-refractivity contribution in [3.63, 3.8) is 0 Å². The summed E-state index contributed by atoms with van der Waals surface area (Å²) in [5.41, 5.74) is 2.20. The van der Waals surface area contributed by atoms with Crippen molar-refractivity contribution in [2.24, 2.45) is 18.9 Å². The van der Waals surface area contributed by atoms with Crippen LogP contribution in [0.15, 0.2) is 16.8 Å². The van der Waals surface area contributed by atoms with E-state index < -0.39 is 0 Å². The molecule has 1 amide bonds. The summed E-state index contributed by atoms with van der Waals surface area (Å²) in [4.78, 5) is 16.4. The zero-order valence-electron chi connectivity index (χ0n) is 18.7. The van der Waals surface area contributed by atoms with E-state index in [0.717, 1.165) is 49.1 Å². The lowest BCUT2D eigenvalue weighted by Crippen LogP contribution is -2.39. The largest absolute Gasteiger partial charge is 0.361 e. The Morgan fingerprint density at radius 3 is 2.87 bits per heavy atom. The minimum atomic E-state index is 0.0598. The van der Waals surface area contributed by atoms with Gasteiger partial charge in [0.1, 0.15) is 5.76 Å². The van der Waals surface area contributed by atoms with E-state index in [0.29, 0.717) is 12.5 Å². The van der Waals surface area contributed by atoms with Crippen molar-refractivity contribution in [3.05, 3.63) is 29.4 Å². The maximum Gasteiger partial charge on any atom is 0.226 e. The van der Waals surface area contributed by atoms with E-state index in [-0.39, 0.29) is 11.3 Å². The SMILES string of the molecule is CCc1cc([C@]23CC2CN(CCC2CCC(NC(=O)Cc4cnn(C)n4)CC2)C3)no1. The molecule has 168 valence electrons. The predicted molar refractivity (Wildman–Crippen MR) is 115 cm³/mol. The van der Waals surface area contributed by atoms with Crippen LogP contribution in [0, 0.1) is 11.8 Å². The van der Waals surface area contributed by atoms with Crippen LogP contribution in [0.5, 0.6) is 0 Å². The maximum absolute atomic E-state index is 12.3. The molecule has 31 heavy (non-hydrogen) atoms. The number of aryl methyl sites for hydroxylation is 2. The second kappa shape index (κ2) is 8.37. The van der Waals surface area contributed by atoms with E-state index in [2.05, 4.69) is 38.6 Å². The highest BCUT2D eigenvalue weighted by Gasteiger charge is 2.62. The van der Waals surface area contributed by atoms with Gasteiger partial charge < -0.3 is 14.7 Å². The van der Waals surface area contributed by atoms with Gasteiger partial charge in [0.05, 0.1) is 24.0 Å². The molecule has 0 radical (unpaired) electrons. The first-order valence-electron chi connectivity index (χ1n) is 11.9. The number of fused-ring (bicyclic) bond motifs is 1. The molecule has 1 aliphatic heterocycles. The second-order valence-corrected chi connectivity index (χ2v) is 9.90. The van der Waals surface area contributed by atoms with Gasteiger partial charge >= 0.3 is 0 Å². The average molecular weight is 427 g/mol. The van der Waals surface area contributed by atoms with Gasteiger partial charge in [-0.25, -0.2) is 0 Å². The lowest BCUT2D eigenvalue weighted by atomic mass is 9.84. The van der Waals surface area contributed by atoms with Gasteiger partial charge in [0, 0.05) is 44.1 Å². The fourth-order valence-electron chi connectivity index (χ4n) is 5.74. The molecule has 1 N–H and O–H groups in total. The number of hydrogen-bond donors (Lipinski definition) is 1. The van der Waals surface area contributed by atoms with Crippen LogP contribution < -0.4 is 5.32 Å². The Morgan fingerprint density at radius 2 is 2.16 bits per heavy atom. The minimum Gasteiger partial charge on any atom is -0.361 e.